The number of anilines is 2. The molecule has 0 aromatic heterocycles. The highest BCUT2D eigenvalue weighted by atomic mass is 16.5. The van der Waals surface area contributed by atoms with E-state index in [1.807, 2.05) is 39.0 Å². The summed E-state index contributed by atoms with van der Waals surface area (Å²) >= 11 is 0. The Hall–Kier alpha value is -4.26. The number of hydrogen-bond donors (Lipinski definition) is 1. The third-order valence-electron chi connectivity index (χ3n) is 5.98. The van der Waals surface area contributed by atoms with Crippen LogP contribution in [0.15, 0.2) is 66.7 Å². The number of fused-ring (bicyclic) bond motifs is 1. The summed E-state index contributed by atoms with van der Waals surface area (Å²) < 4.78 is 5.37. The molecule has 1 unspecified atom stereocenters. The van der Waals surface area contributed by atoms with Crippen LogP contribution in [0.4, 0.5) is 11.4 Å². The van der Waals surface area contributed by atoms with Gasteiger partial charge in [0.25, 0.3) is 17.7 Å². The maximum absolute atomic E-state index is 12.7. The minimum Gasteiger partial charge on any atom is -0.449 e. The van der Waals surface area contributed by atoms with E-state index < -0.39 is 29.8 Å². The number of rotatable bonds is 6. The van der Waals surface area contributed by atoms with Crippen LogP contribution in [-0.4, -0.2) is 29.8 Å². The van der Waals surface area contributed by atoms with Gasteiger partial charge in [-0.3, -0.25) is 14.4 Å². The lowest BCUT2D eigenvalue weighted by atomic mass is 9.98. The maximum Gasteiger partial charge on any atom is 0.338 e. The molecule has 0 spiro atoms. The van der Waals surface area contributed by atoms with Gasteiger partial charge in [-0.2, -0.15) is 0 Å². The average molecular weight is 471 g/mol. The number of para-hydroxylation sites is 1. The van der Waals surface area contributed by atoms with Crippen LogP contribution < -0.4 is 10.2 Å². The molecule has 1 aliphatic rings. The second-order valence-electron chi connectivity index (χ2n) is 8.77. The van der Waals surface area contributed by atoms with E-state index in [0.717, 1.165) is 21.7 Å². The first-order valence-corrected chi connectivity index (χ1v) is 11.4. The van der Waals surface area contributed by atoms with E-state index in [1.54, 1.807) is 24.3 Å². The van der Waals surface area contributed by atoms with E-state index in [1.165, 1.54) is 31.2 Å². The molecule has 3 aromatic rings. The highest BCUT2D eigenvalue weighted by Gasteiger charge is 2.36. The fraction of sp³-hybridized carbons (Fsp3) is 0.214. The number of amides is 3. The molecule has 0 saturated carbocycles. The molecule has 7 heteroatoms. The zero-order valence-electron chi connectivity index (χ0n) is 20.0. The zero-order valence-corrected chi connectivity index (χ0v) is 20.0. The third kappa shape index (κ3) is 4.57. The highest BCUT2D eigenvalue weighted by molar-refractivity contribution is 6.34. The van der Waals surface area contributed by atoms with Gasteiger partial charge in [0.05, 0.1) is 22.4 Å². The van der Waals surface area contributed by atoms with Gasteiger partial charge in [-0.15, -0.1) is 0 Å². The van der Waals surface area contributed by atoms with Crippen LogP contribution in [-0.2, 0) is 9.53 Å². The average Bonchev–Trinajstić information content (AvgIpc) is 3.10. The third-order valence-corrected chi connectivity index (χ3v) is 5.98. The molecule has 178 valence electrons. The molecule has 7 nitrogen and oxygen atoms in total. The second-order valence-corrected chi connectivity index (χ2v) is 8.77. The Balaban J connectivity index is 1.43. The molecule has 1 N–H and O–H groups in total. The minimum atomic E-state index is -1.03. The topological polar surface area (TPSA) is 92.8 Å². The molecule has 3 aromatic carbocycles. The Bertz CT molecular complexity index is 1290. The molecule has 0 radical (unpaired) electrons. The Morgan fingerprint density at radius 1 is 0.829 bits per heavy atom. The van der Waals surface area contributed by atoms with Crippen molar-refractivity contribution in [2.45, 2.75) is 39.7 Å². The number of imide groups is 1. The van der Waals surface area contributed by atoms with Crippen LogP contribution in [0.5, 0.6) is 0 Å². The van der Waals surface area contributed by atoms with Crippen LogP contribution in [0.3, 0.4) is 0 Å². The van der Waals surface area contributed by atoms with E-state index in [2.05, 4.69) is 5.32 Å². The molecule has 3 amide bonds. The summed E-state index contributed by atoms with van der Waals surface area (Å²) in [6.07, 6.45) is -1.03. The van der Waals surface area contributed by atoms with E-state index in [9.17, 15) is 19.2 Å². The maximum atomic E-state index is 12.7. The first-order valence-electron chi connectivity index (χ1n) is 11.4. The van der Waals surface area contributed by atoms with Crippen molar-refractivity contribution < 1.29 is 23.9 Å². The summed E-state index contributed by atoms with van der Waals surface area (Å²) in [5, 5.41) is 2.88. The Morgan fingerprint density at radius 2 is 1.43 bits per heavy atom. The van der Waals surface area contributed by atoms with Gasteiger partial charge in [0.15, 0.2) is 6.10 Å². The van der Waals surface area contributed by atoms with Crippen molar-refractivity contribution in [1.82, 2.24) is 0 Å². The molecule has 0 fully saturated rings. The van der Waals surface area contributed by atoms with Gasteiger partial charge in [-0.05, 0) is 67.3 Å². The van der Waals surface area contributed by atoms with Crippen molar-refractivity contribution in [2.24, 2.45) is 0 Å². The fourth-order valence-electron chi connectivity index (χ4n) is 4.02. The summed E-state index contributed by atoms with van der Waals surface area (Å²) in [5.41, 5.74) is 3.88. The number of nitrogens with zero attached hydrogens (tertiary/aromatic N) is 1. The molecule has 1 aliphatic heterocycles. The fourth-order valence-corrected chi connectivity index (χ4v) is 4.02. The number of aryl methyl sites for hydroxylation is 1. The first kappa shape index (κ1) is 23.9. The number of carbonyl (C=O) groups excluding carboxylic acids is 4. The van der Waals surface area contributed by atoms with Gasteiger partial charge >= 0.3 is 5.97 Å². The van der Waals surface area contributed by atoms with Crippen LogP contribution in [0, 0.1) is 6.92 Å². The summed E-state index contributed by atoms with van der Waals surface area (Å²) in [6.45, 7) is 7.50. The Labute approximate surface area is 203 Å². The second kappa shape index (κ2) is 9.54. The monoisotopic (exact) mass is 470 g/mol. The lowest BCUT2D eigenvalue weighted by Crippen LogP contribution is -2.31. The molecule has 35 heavy (non-hydrogen) atoms. The molecule has 1 atom stereocenters. The quantitative estimate of drug-likeness (QED) is 0.400. The number of esters is 1. The Kier molecular flexibility index (Phi) is 6.51. The predicted octanol–water partition coefficient (Wildman–Crippen LogP) is 5.10. The summed E-state index contributed by atoms with van der Waals surface area (Å²) in [5.74, 6) is -1.73. The van der Waals surface area contributed by atoms with Gasteiger partial charge in [0.2, 0.25) is 0 Å². The molecular weight excluding hydrogens is 444 g/mol. The first-order chi connectivity index (χ1) is 16.7. The standard InChI is InChI=1S/C28H26N2O5/c1-16(2)21-11-7-8-17(3)24(21)29-25(31)18(4)35-28(34)19-12-14-20(15-13-19)30-26(32)22-9-5-6-10-23(22)27(30)33/h5-16,18H,1-4H3,(H,29,31). The van der Waals surface area contributed by atoms with Gasteiger partial charge in [0.1, 0.15) is 0 Å². The summed E-state index contributed by atoms with van der Waals surface area (Å²) in [7, 11) is 0. The van der Waals surface area contributed by atoms with Crippen molar-refractivity contribution in [2.75, 3.05) is 10.2 Å². The molecule has 0 saturated heterocycles. The smallest absolute Gasteiger partial charge is 0.338 e. The van der Waals surface area contributed by atoms with Crippen LogP contribution in [0.1, 0.15) is 68.9 Å². The molecule has 1 heterocycles. The molecule has 4 rings (SSSR count). The van der Waals surface area contributed by atoms with E-state index in [-0.39, 0.29) is 11.5 Å². The number of hydrogen-bond acceptors (Lipinski definition) is 5. The van der Waals surface area contributed by atoms with Crippen LogP contribution in [0.25, 0.3) is 0 Å². The number of nitrogens with one attached hydrogen (secondary N) is 1. The zero-order chi connectivity index (χ0) is 25.3. The lowest BCUT2D eigenvalue weighted by Gasteiger charge is -2.19. The Morgan fingerprint density at radius 3 is 2.00 bits per heavy atom. The number of benzene rings is 3. The van der Waals surface area contributed by atoms with E-state index >= 15 is 0 Å². The SMILES string of the molecule is Cc1cccc(C(C)C)c1NC(=O)C(C)OC(=O)c1ccc(N2C(=O)c3ccccc3C2=O)cc1. The predicted molar refractivity (Wildman–Crippen MR) is 133 cm³/mol. The summed E-state index contributed by atoms with van der Waals surface area (Å²) in [6, 6.07) is 18.4. The van der Waals surface area contributed by atoms with Crippen molar-refractivity contribution in [3.8, 4) is 0 Å². The van der Waals surface area contributed by atoms with Crippen LogP contribution >= 0.6 is 0 Å². The van der Waals surface area contributed by atoms with Crippen molar-refractivity contribution in [1.29, 1.82) is 0 Å². The summed E-state index contributed by atoms with van der Waals surface area (Å²) in [4.78, 5) is 51.8. The van der Waals surface area contributed by atoms with E-state index in [0.29, 0.717) is 16.8 Å². The number of carbonyl (C=O) groups is 4. The molecule has 0 aliphatic carbocycles. The van der Waals surface area contributed by atoms with Crippen molar-refractivity contribution >= 4 is 35.1 Å². The van der Waals surface area contributed by atoms with Gasteiger partial charge in [0, 0.05) is 5.69 Å². The largest absolute Gasteiger partial charge is 0.449 e. The van der Waals surface area contributed by atoms with E-state index in [4.69, 9.17) is 4.74 Å². The normalized spacial score (nSPS) is 13.6. The minimum absolute atomic E-state index is 0.198. The lowest BCUT2D eigenvalue weighted by molar-refractivity contribution is -0.123. The van der Waals surface area contributed by atoms with Crippen molar-refractivity contribution in [3.63, 3.8) is 0 Å². The highest BCUT2D eigenvalue weighted by Crippen LogP contribution is 2.29. The van der Waals surface area contributed by atoms with Crippen LogP contribution in [0.2, 0.25) is 0 Å². The molecule has 0 bridgehead atoms. The van der Waals surface area contributed by atoms with Gasteiger partial charge in [-0.25, -0.2) is 9.69 Å². The molecular formula is C28H26N2O5. The van der Waals surface area contributed by atoms with Gasteiger partial charge < -0.3 is 10.1 Å². The van der Waals surface area contributed by atoms with Gasteiger partial charge in [-0.1, -0.05) is 44.2 Å². The number of ether oxygens (including phenoxy) is 1. The van der Waals surface area contributed by atoms with Crippen molar-refractivity contribution in [3.05, 3.63) is 94.5 Å².